The standard InChI is InChI=1S/C23H24N4OS2/c1-15-8-5-6-10-19(15)22-24-25-23(26(22)4)30-14-21(28)20-12-16(2)27(17(20)3)13-18-9-7-11-29-18/h5-12H,13-14H2,1-4H3. The van der Waals surface area contributed by atoms with Crippen LogP contribution in [0.4, 0.5) is 0 Å². The molecule has 3 heterocycles. The summed E-state index contributed by atoms with van der Waals surface area (Å²) >= 11 is 3.17. The topological polar surface area (TPSA) is 52.7 Å². The fourth-order valence-corrected chi connectivity index (χ4v) is 5.08. The summed E-state index contributed by atoms with van der Waals surface area (Å²) in [5, 5.41) is 11.5. The van der Waals surface area contributed by atoms with Gasteiger partial charge in [-0.3, -0.25) is 4.79 Å². The van der Waals surface area contributed by atoms with E-state index in [-0.39, 0.29) is 5.78 Å². The molecule has 0 saturated heterocycles. The molecule has 0 atom stereocenters. The third-order valence-electron chi connectivity index (χ3n) is 5.32. The van der Waals surface area contributed by atoms with Gasteiger partial charge in [-0.15, -0.1) is 21.5 Å². The van der Waals surface area contributed by atoms with Gasteiger partial charge in [0.25, 0.3) is 0 Å². The first-order chi connectivity index (χ1) is 14.5. The van der Waals surface area contributed by atoms with Gasteiger partial charge in [-0.05, 0) is 43.8 Å². The number of nitrogens with zero attached hydrogens (tertiary/aromatic N) is 4. The highest BCUT2D eigenvalue weighted by Gasteiger charge is 2.19. The number of carbonyl (C=O) groups excluding carboxylic acids is 1. The van der Waals surface area contributed by atoms with Gasteiger partial charge in [-0.25, -0.2) is 0 Å². The average molecular weight is 437 g/mol. The summed E-state index contributed by atoms with van der Waals surface area (Å²) < 4.78 is 4.17. The van der Waals surface area contributed by atoms with Crippen molar-refractivity contribution in [3.05, 3.63) is 75.2 Å². The molecule has 0 saturated carbocycles. The predicted molar refractivity (Wildman–Crippen MR) is 124 cm³/mol. The van der Waals surface area contributed by atoms with Gasteiger partial charge in [0.1, 0.15) is 0 Å². The monoisotopic (exact) mass is 436 g/mol. The van der Waals surface area contributed by atoms with Crippen LogP contribution in [0.2, 0.25) is 0 Å². The normalized spacial score (nSPS) is 11.2. The van der Waals surface area contributed by atoms with Gasteiger partial charge >= 0.3 is 0 Å². The molecule has 0 aliphatic heterocycles. The van der Waals surface area contributed by atoms with Crippen LogP contribution in [-0.4, -0.2) is 30.9 Å². The summed E-state index contributed by atoms with van der Waals surface area (Å²) in [6, 6.07) is 14.3. The summed E-state index contributed by atoms with van der Waals surface area (Å²) in [5.74, 6) is 1.27. The van der Waals surface area contributed by atoms with E-state index in [0.29, 0.717) is 5.75 Å². The van der Waals surface area contributed by atoms with Crippen LogP contribution >= 0.6 is 23.1 Å². The van der Waals surface area contributed by atoms with Crippen molar-refractivity contribution in [3.8, 4) is 11.4 Å². The third kappa shape index (κ3) is 4.00. The van der Waals surface area contributed by atoms with Crippen molar-refractivity contribution in [3.63, 3.8) is 0 Å². The number of hydrogen-bond acceptors (Lipinski definition) is 5. The first kappa shape index (κ1) is 20.6. The molecule has 0 fully saturated rings. The van der Waals surface area contributed by atoms with Crippen molar-refractivity contribution in [2.75, 3.05) is 5.75 Å². The zero-order chi connectivity index (χ0) is 21.3. The smallest absolute Gasteiger partial charge is 0.191 e. The van der Waals surface area contributed by atoms with E-state index in [1.807, 2.05) is 42.8 Å². The third-order valence-corrected chi connectivity index (χ3v) is 7.20. The van der Waals surface area contributed by atoms with Crippen LogP contribution in [0.3, 0.4) is 0 Å². The van der Waals surface area contributed by atoms with E-state index in [1.165, 1.54) is 16.6 Å². The van der Waals surface area contributed by atoms with Gasteiger partial charge in [0.2, 0.25) is 0 Å². The summed E-state index contributed by atoms with van der Waals surface area (Å²) in [6.07, 6.45) is 0. The lowest BCUT2D eigenvalue weighted by Crippen LogP contribution is -2.07. The van der Waals surface area contributed by atoms with E-state index >= 15 is 0 Å². The number of aryl methyl sites for hydroxylation is 2. The Bertz CT molecular complexity index is 1190. The molecule has 1 aromatic carbocycles. The minimum atomic E-state index is 0.117. The van der Waals surface area contributed by atoms with Crippen LogP contribution in [0, 0.1) is 20.8 Å². The Kier molecular flexibility index (Phi) is 5.92. The Morgan fingerprint density at radius 3 is 2.63 bits per heavy atom. The fourth-order valence-electron chi connectivity index (χ4n) is 3.59. The van der Waals surface area contributed by atoms with E-state index < -0.39 is 0 Å². The molecule has 0 unspecified atom stereocenters. The van der Waals surface area contributed by atoms with Gasteiger partial charge in [0.05, 0.1) is 12.3 Å². The molecule has 5 nitrogen and oxygen atoms in total. The lowest BCUT2D eigenvalue weighted by Gasteiger charge is -2.08. The zero-order valence-electron chi connectivity index (χ0n) is 17.5. The Hall–Kier alpha value is -2.64. The van der Waals surface area contributed by atoms with E-state index in [2.05, 4.69) is 52.2 Å². The lowest BCUT2D eigenvalue weighted by molar-refractivity contribution is 0.102. The van der Waals surface area contributed by atoms with Crippen LogP contribution < -0.4 is 0 Å². The second kappa shape index (κ2) is 8.62. The largest absolute Gasteiger partial charge is 0.343 e. The molecule has 0 aliphatic carbocycles. The van der Waals surface area contributed by atoms with Gasteiger partial charge in [-0.2, -0.15) is 0 Å². The number of thioether (sulfide) groups is 1. The average Bonchev–Trinajstić information content (AvgIpc) is 3.44. The second-order valence-corrected chi connectivity index (χ2v) is 9.32. The summed E-state index contributed by atoms with van der Waals surface area (Å²) in [7, 11) is 1.95. The quantitative estimate of drug-likeness (QED) is 0.292. The number of ketones is 1. The van der Waals surface area contributed by atoms with E-state index in [4.69, 9.17) is 0 Å². The highest BCUT2D eigenvalue weighted by Crippen LogP contribution is 2.26. The highest BCUT2D eigenvalue weighted by atomic mass is 32.2. The molecule has 0 bridgehead atoms. The van der Waals surface area contributed by atoms with Gasteiger partial charge in [-0.1, -0.05) is 42.1 Å². The highest BCUT2D eigenvalue weighted by molar-refractivity contribution is 7.99. The molecule has 154 valence electrons. The first-order valence-electron chi connectivity index (χ1n) is 9.76. The first-order valence-corrected chi connectivity index (χ1v) is 11.6. The molecule has 4 rings (SSSR count). The molecule has 4 aromatic rings. The Balaban J connectivity index is 1.49. The van der Waals surface area contributed by atoms with Crippen LogP contribution in [0.5, 0.6) is 0 Å². The molecule has 3 aromatic heterocycles. The Morgan fingerprint density at radius 1 is 1.10 bits per heavy atom. The molecular weight excluding hydrogens is 412 g/mol. The van der Waals surface area contributed by atoms with Crippen LogP contribution in [0.1, 0.15) is 32.2 Å². The molecule has 30 heavy (non-hydrogen) atoms. The fraction of sp³-hybridized carbons (Fsp3) is 0.261. The number of Topliss-reactive ketones (excluding diaryl/α,β-unsaturated/α-hetero) is 1. The van der Waals surface area contributed by atoms with E-state index in [9.17, 15) is 4.79 Å². The summed E-state index contributed by atoms with van der Waals surface area (Å²) in [6.45, 7) is 6.95. The Morgan fingerprint density at radius 2 is 1.90 bits per heavy atom. The second-order valence-electron chi connectivity index (χ2n) is 7.34. The van der Waals surface area contributed by atoms with Crippen molar-refractivity contribution in [2.24, 2.45) is 7.05 Å². The van der Waals surface area contributed by atoms with Crippen molar-refractivity contribution in [1.29, 1.82) is 0 Å². The summed E-state index contributed by atoms with van der Waals surface area (Å²) in [4.78, 5) is 14.2. The molecular formula is C23H24N4OS2. The minimum absolute atomic E-state index is 0.117. The molecule has 0 amide bonds. The maximum atomic E-state index is 13.0. The van der Waals surface area contributed by atoms with Gasteiger partial charge in [0, 0.05) is 34.4 Å². The molecule has 0 spiro atoms. The van der Waals surface area contributed by atoms with Crippen LogP contribution in [0.25, 0.3) is 11.4 Å². The van der Waals surface area contributed by atoms with Crippen LogP contribution in [0.15, 0.2) is 53.0 Å². The number of thiophene rings is 1. The Labute approximate surface area is 184 Å². The summed E-state index contributed by atoms with van der Waals surface area (Å²) in [5.41, 5.74) is 5.12. The van der Waals surface area contributed by atoms with Crippen molar-refractivity contribution < 1.29 is 4.79 Å². The van der Waals surface area contributed by atoms with Gasteiger partial charge < -0.3 is 9.13 Å². The van der Waals surface area contributed by atoms with Crippen molar-refractivity contribution >= 4 is 28.9 Å². The number of aromatic nitrogens is 4. The van der Waals surface area contributed by atoms with E-state index in [0.717, 1.165) is 45.6 Å². The van der Waals surface area contributed by atoms with Crippen molar-refractivity contribution in [1.82, 2.24) is 19.3 Å². The molecule has 0 radical (unpaired) electrons. The molecule has 7 heteroatoms. The van der Waals surface area contributed by atoms with E-state index in [1.54, 1.807) is 11.3 Å². The number of benzene rings is 1. The van der Waals surface area contributed by atoms with Gasteiger partial charge in [0.15, 0.2) is 16.8 Å². The molecule has 0 aliphatic rings. The van der Waals surface area contributed by atoms with Crippen molar-refractivity contribution in [2.45, 2.75) is 32.5 Å². The number of rotatable bonds is 7. The maximum absolute atomic E-state index is 13.0. The zero-order valence-corrected chi connectivity index (χ0v) is 19.2. The minimum Gasteiger partial charge on any atom is -0.343 e. The number of hydrogen-bond donors (Lipinski definition) is 0. The predicted octanol–water partition coefficient (Wildman–Crippen LogP) is 5.29. The lowest BCUT2D eigenvalue weighted by atomic mass is 10.1. The maximum Gasteiger partial charge on any atom is 0.191 e. The number of carbonyl (C=O) groups is 1. The SMILES string of the molecule is Cc1ccccc1-c1nnc(SCC(=O)c2cc(C)n(Cc3cccs3)c2C)n1C. The van der Waals surface area contributed by atoms with Crippen LogP contribution in [-0.2, 0) is 13.6 Å². The molecule has 0 N–H and O–H groups in total.